The van der Waals surface area contributed by atoms with E-state index in [1.165, 1.54) is 15.8 Å². The van der Waals surface area contributed by atoms with Crippen molar-refractivity contribution in [2.24, 2.45) is 0 Å². The Morgan fingerprint density at radius 2 is 1.89 bits per heavy atom. The minimum atomic E-state index is 0.0549. The van der Waals surface area contributed by atoms with Crippen molar-refractivity contribution in [3.05, 3.63) is 59.5 Å². The van der Waals surface area contributed by atoms with Gasteiger partial charge < -0.3 is 15.0 Å². The molecule has 0 aliphatic carbocycles. The number of methoxy groups -OCH3 is 1. The Morgan fingerprint density at radius 1 is 1.07 bits per heavy atom. The lowest BCUT2D eigenvalue weighted by Gasteiger charge is -2.36. The smallest absolute Gasteiger partial charge is 0.234 e. The number of rotatable bonds is 6. The number of amides is 1. The van der Waals surface area contributed by atoms with Crippen LogP contribution in [0.1, 0.15) is 5.56 Å². The van der Waals surface area contributed by atoms with Gasteiger partial charge in [-0.2, -0.15) is 0 Å². The molecular formula is C22H25N3O2S. The molecule has 0 spiro atoms. The first-order chi connectivity index (χ1) is 13.7. The van der Waals surface area contributed by atoms with Gasteiger partial charge in [0, 0.05) is 54.1 Å². The van der Waals surface area contributed by atoms with Crippen LogP contribution in [-0.2, 0) is 11.3 Å². The first-order valence-electron chi connectivity index (χ1n) is 9.57. The molecule has 2 heterocycles. The molecule has 0 radical (unpaired) electrons. The average molecular weight is 396 g/mol. The second kappa shape index (κ2) is 8.63. The predicted octanol–water partition coefficient (Wildman–Crippen LogP) is 3.35. The fourth-order valence-corrected chi connectivity index (χ4v) is 4.51. The topological polar surface area (TPSA) is 44.8 Å². The summed E-state index contributed by atoms with van der Waals surface area (Å²) in [6, 6.07) is 16.5. The molecule has 0 bridgehead atoms. The van der Waals surface area contributed by atoms with Crippen molar-refractivity contribution in [2.75, 3.05) is 44.7 Å². The number of benzene rings is 2. The Kier molecular flexibility index (Phi) is 5.78. The molecule has 0 saturated carbocycles. The highest BCUT2D eigenvalue weighted by molar-refractivity contribution is 7.17. The molecular weight excluding hydrogens is 370 g/mol. The number of nitrogens with zero attached hydrogens (tertiary/aromatic N) is 2. The van der Waals surface area contributed by atoms with Gasteiger partial charge in [0.25, 0.3) is 0 Å². The highest BCUT2D eigenvalue weighted by Gasteiger charge is 2.20. The van der Waals surface area contributed by atoms with Gasteiger partial charge in [-0.15, -0.1) is 11.3 Å². The predicted molar refractivity (Wildman–Crippen MR) is 115 cm³/mol. The lowest BCUT2D eigenvalue weighted by atomic mass is 10.2. The number of nitrogens with one attached hydrogen (secondary N) is 1. The summed E-state index contributed by atoms with van der Waals surface area (Å²) >= 11 is 1.78. The summed E-state index contributed by atoms with van der Waals surface area (Å²) in [5, 5.41) is 6.49. The highest BCUT2D eigenvalue weighted by Crippen LogP contribution is 2.31. The lowest BCUT2D eigenvalue weighted by molar-refractivity contribution is -0.122. The van der Waals surface area contributed by atoms with Crippen molar-refractivity contribution in [3.8, 4) is 5.75 Å². The Hall–Kier alpha value is -2.57. The first-order valence-corrected chi connectivity index (χ1v) is 10.4. The normalized spacial score (nSPS) is 15.0. The SMILES string of the molecule is COc1ccccc1CNC(=O)CN1CCN(c2cccc3sccc23)CC1. The van der Waals surface area contributed by atoms with Crippen LogP contribution in [0.2, 0.25) is 0 Å². The maximum absolute atomic E-state index is 12.4. The van der Waals surface area contributed by atoms with E-state index < -0.39 is 0 Å². The van der Waals surface area contributed by atoms with Crippen LogP contribution < -0.4 is 15.0 Å². The van der Waals surface area contributed by atoms with E-state index in [1.54, 1.807) is 18.4 Å². The van der Waals surface area contributed by atoms with Crippen LogP contribution in [0.25, 0.3) is 10.1 Å². The second-order valence-electron chi connectivity index (χ2n) is 6.96. The Labute approximate surface area is 169 Å². The average Bonchev–Trinajstić information content (AvgIpc) is 3.22. The molecule has 0 unspecified atom stereocenters. The summed E-state index contributed by atoms with van der Waals surface area (Å²) in [7, 11) is 1.65. The van der Waals surface area contributed by atoms with E-state index >= 15 is 0 Å². The third-order valence-electron chi connectivity index (χ3n) is 5.22. The summed E-state index contributed by atoms with van der Waals surface area (Å²) in [6.07, 6.45) is 0. The number of thiophene rings is 1. The van der Waals surface area contributed by atoms with Gasteiger partial charge in [-0.3, -0.25) is 9.69 Å². The maximum atomic E-state index is 12.4. The standard InChI is InChI=1S/C22H25N3O2S/c1-27-20-7-3-2-5-17(20)15-23-22(26)16-24-10-12-25(13-11-24)19-6-4-8-21-18(19)9-14-28-21/h2-9,14H,10-13,15-16H2,1H3,(H,23,26). The van der Waals surface area contributed by atoms with E-state index in [9.17, 15) is 4.79 Å². The van der Waals surface area contributed by atoms with Crippen LogP contribution in [0.15, 0.2) is 53.9 Å². The molecule has 28 heavy (non-hydrogen) atoms. The number of fused-ring (bicyclic) bond motifs is 1. The molecule has 2 aromatic carbocycles. The number of carbonyl (C=O) groups excluding carboxylic acids is 1. The highest BCUT2D eigenvalue weighted by atomic mass is 32.1. The van der Waals surface area contributed by atoms with E-state index in [0.29, 0.717) is 13.1 Å². The summed E-state index contributed by atoms with van der Waals surface area (Å²) in [5.74, 6) is 0.860. The molecule has 1 amide bonds. The van der Waals surface area contributed by atoms with Gasteiger partial charge in [0.2, 0.25) is 5.91 Å². The Bertz CT molecular complexity index is 948. The van der Waals surface area contributed by atoms with Crippen LogP contribution >= 0.6 is 11.3 Å². The monoisotopic (exact) mass is 395 g/mol. The second-order valence-corrected chi connectivity index (χ2v) is 7.91. The number of para-hydroxylation sites is 1. The molecule has 3 aromatic rings. The third kappa shape index (κ3) is 4.13. The number of piperazine rings is 1. The molecule has 5 nitrogen and oxygen atoms in total. The summed E-state index contributed by atoms with van der Waals surface area (Å²) in [5.41, 5.74) is 2.30. The van der Waals surface area contributed by atoms with Crippen molar-refractivity contribution < 1.29 is 9.53 Å². The lowest BCUT2D eigenvalue weighted by Crippen LogP contribution is -2.49. The molecule has 1 fully saturated rings. The summed E-state index contributed by atoms with van der Waals surface area (Å²) in [4.78, 5) is 17.0. The van der Waals surface area contributed by atoms with Gasteiger partial charge in [-0.25, -0.2) is 0 Å². The molecule has 0 atom stereocenters. The number of anilines is 1. The molecule has 146 valence electrons. The van der Waals surface area contributed by atoms with Crippen LogP contribution in [0.3, 0.4) is 0 Å². The molecule has 1 N–H and O–H groups in total. The van der Waals surface area contributed by atoms with E-state index in [2.05, 4.69) is 44.8 Å². The van der Waals surface area contributed by atoms with Gasteiger partial charge in [-0.05, 0) is 29.6 Å². The van der Waals surface area contributed by atoms with Crippen LogP contribution in [0, 0.1) is 0 Å². The maximum Gasteiger partial charge on any atom is 0.234 e. The number of hydrogen-bond acceptors (Lipinski definition) is 5. The van der Waals surface area contributed by atoms with Crippen molar-refractivity contribution >= 4 is 33.0 Å². The Morgan fingerprint density at radius 3 is 2.71 bits per heavy atom. The van der Waals surface area contributed by atoms with Gasteiger partial charge in [0.15, 0.2) is 0 Å². The molecule has 1 aromatic heterocycles. The summed E-state index contributed by atoms with van der Waals surface area (Å²) < 4.78 is 6.67. The first kappa shape index (κ1) is 18.8. The fourth-order valence-electron chi connectivity index (χ4n) is 3.70. The largest absolute Gasteiger partial charge is 0.496 e. The van der Waals surface area contributed by atoms with Crippen molar-refractivity contribution in [2.45, 2.75) is 6.54 Å². The third-order valence-corrected chi connectivity index (χ3v) is 6.10. The quantitative estimate of drug-likeness (QED) is 0.695. The van der Waals surface area contributed by atoms with E-state index in [1.807, 2.05) is 24.3 Å². The summed E-state index contributed by atoms with van der Waals surface area (Å²) in [6.45, 7) is 4.59. The number of ether oxygens (including phenoxy) is 1. The Balaban J connectivity index is 1.28. The number of hydrogen-bond donors (Lipinski definition) is 1. The van der Waals surface area contributed by atoms with Crippen molar-refractivity contribution in [1.82, 2.24) is 10.2 Å². The van der Waals surface area contributed by atoms with Gasteiger partial charge in [-0.1, -0.05) is 24.3 Å². The molecule has 1 aliphatic heterocycles. The van der Waals surface area contributed by atoms with Crippen molar-refractivity contribution in [1.29, 1.82) is 0 Å². The zero-order valence-electron chi connectivity index (χ0n) is 16.1. The van der Waals surface area contributed by atoms with Gasteiger partial charge in [0.05, 0.1) is 13.7 Å². The van der Waals surface area contributed by atoms with E-state index in [0.717, 1.165) is 37.5 Å². The molecule has 4 rings (SSSR count). The van der Waals surface area contributed by atoms with Gasteiger partial charge in [0.1, 0.15) is 5.75 Å². The number of carbonyl (C=O) groups is 1. The van der Waals surface area contributed by atoms with Crippen LogP contribution in [0.4, 0.5) is 5.69 Å². The fraction of sp³-hybridized carbons (Fsp3) is 0.318. The minimum Gasteiger partial charge on any atom is -0.496 e. The molecule has 1 saturated heterocycles. The minimum absolute atomic E-state index is 0.0549. The van der Waals surface area contributed by atoms with E-state index in [-0.39, 0.29) is 5.91 Å². The van der Waals surface area contributed by atoms with Gasteiger partial charge >= 0.3 is 0 Å². The zero-order chi connectivity index (χ0) is 19.3. The van der Waals surface area contributed by atoms with E-state index in [4.69, 9.17) is 4.74 Å². The molecule has 6 heteroatoms. The molecule has 1 aliphatic rings. The van der Waals surface area contributed by atoms with Crippen molar-refractivity contribution in [3.63, 3.8) is 0 Å². The zero-order valence-corrected chi connectivity index (χ0v) is 16.9. The van der Waals surface area contributed by atoms with Crippen LogP contribution in [-0.4, -0.2) is 50.6 Å². The van der Waals surface area contributed by atoms with Crippen LogP contribution in [0.5, 0.6) is 5.75 Å².